The molecule has 0 saturated heterocycles. The van der Waals surface area contributed by atoms with Crippen molar-refractivity contribution in [3.05, 3.63) is 118 Å². The summed E-state index contributed by atoms with van der Waals surface area (Å²) in [6.45, 7) is 10.6. The summed E-state index contributed by atoms with van der Waals surface area (Å²) in [6, 6.07) is 18.0. The van der Waals surface area contributed by atoms with Gasteiger partial charge in [0, 0.05) is 69.7 Å². The van der Waals surface area contributed by atoms with Crippen LogP contribution in [0.5, 0.6) is 11.5 Å². The molecule has 3 aliphatic heterocycles. The standard InChI is InChI=1S/C51H59N3O13/c1-25-35(64-8)19-20-65-51(7)48(62)38-36-37(43(59)28(4)47(38)67-51)45(61)40(39(44(36)60)52-23-30-15-11-9-12-16-30)54-49(63)50(6,53-24-31-17-13-10-14-18-31)22-34(56)32-21-33(32)42(58)26(2)41(57)27(3)46(25)66-29(5)55/h9-20,25-27,32-33,35,41-42,46,52-53,57-59H,21-24H2,1-8H3,(H,54,63)/b20-19+/t25-,26+,27-,32-,33+,35+,41-,42-,46-,50?,51+/m1/s1. The van der Waals surface area contributed by atoms with Crippen molar-refractivity contribution in [2.75, 3.05) is 7.11 Å². The minimum Gasteiger partial charge on any atom is -0.507 e. The van der Waals surface area contributed by atoms with Crippen LogP contribution in [0.3, 0.4) is 0 Å². The van der Waals surface area contributed by atoms with Gasteiger partial charge in [-0.2, -0.15) is 0 Å². The number of benzene rings is 3. The fourth-order valence-electron chi connectivity index (χ4n) is 9.59. The molecule has 3 aromatic carbocycles. The van der Waals surface area contributed by atoms with Crippen LogP contribution in [0.15, 0.2) is 84.4 Å². The molecule has 1 saturated carbocycles. The van der Waals surface area contributed by atoms with E-state index in [9.17, 15) is 44.1 Å². The molecule has 0 radical (unpaired) electrons. The number of aliphatic hydroxyl groups is 2. The maximum atomic E-state index is 15.0. The van der Waals surface area contributed by atoms with Gasteiger partial charge in [-0.15, -0.1) is 0 Å². The van der Waals surface area contributed by atoms with Gasteiger partial charge in [-0.05, 0) is 43.4 Å². The van der Waals surface area contributed by atoms with Crippen molar-refractivity contribution < 1.29 is 63.0 Å². The number of nitrogens with one attached hydrogen (secondary N) is 3. The van der Waals surface area contributed by atoms with Gasteiger partial charge in [-0.3, -0.25) is 34.1 Å². The van der Waals surface area contributed by atoms with Crippen LogP contribution in [0.4, 0.5) is 0 Å². The number of ether oxygens (including phenoxy) is 4. The van der Waals surface area contributed by atoms with E-state index in [4.69, 9.17) is 18.9 Å². The summed E-state index contributed by atoms with van der Waals surface area (Å²) >= 11 is 0. The minimum absolute atomic E-state index is 0.00327. The lowest BCUT2D eigenvalue weighted by molar-refractivity contribution is -0.160. The molecule has 1 unspecified atom stereocenters. The molecule has 6 N–H and O–H groups in total. The van der Waals surface area contributed by atoms with Crippen molar-refractivity contribution >= 4 is 35.0 Å². The molecule has 0 aromatic heterocycles. The molecule has 16 nitrogen and oxygen atoms in total. The maximum absolute atomic E-state index is 15.0. The summed E-state index contributed by atoms with van der Waals surface area (Å²) in [5, 5.41) is 44.1. The lowest BCUT2D eigenvalue weighted by atomic mass is 9.79. The van der Waals surface area contributed by atoms with Crippen molar-refractivity contribution in [3.63, 3.8) is 0 Å². The van der Waals surface area contributed by atoms with Crippen LogP contribution in [0.1, 0.15) is 102 Å². The molecular weight excluding hydrogens is 863 g/mol. The van der Waals surface area contributed by atoms with Crippen LogP contribution in [0.2, 0.25) is 0 Å². The smallest absolute Gasteiger partial charge is 0.312 e. The topological polar surface area (TPSA) is 236 Å². The molecule has 1 amide bonds. The Morgan fingerprint density at radius 2 is 1.48 bits per heavy atom. The van der Waals surface area contributed by atoms with E-state index in [1.807, 2.05) is 30.3 Å². The van der Waals surface area contributed by atoms with Gasteiger partial charge in [0.05, 0.1) is 41.3 Å². The highest BCUT2D eigenvalue weighted by molar-refractivity contribution is 6.32. The summed E-state index contributed by atoms with van der Waals surface area (Å²) in [7, 11) is 1.41. The Bertz CT molecular complexity index is 2520. The van der Waals surface area contributed by atoms with Gasteiger partial charge in [0.1, 0.15) is 40.3 Å². The summed E-state index contributed by atoms with van der Waals surface area (Å²) < 4.78 is 23.7. The average Bonchev–Trinajstić information content (AvgIpc) is 4.07. The Hall–Kier alpha value is -6.20. The molecule has 2 aliphatic carbocycles. The molecule has 356 valence electrons. The second-order valence-corrected chi connectivity index (χ2v) is 18.6. The molecule has 3 aromatic rings. The number of carbonyl (C=O) groups is 6. The Kier molecular flexibility index (Phi) is 14.0. The molecule has 67 heavy (non-hydrogen) atoms. The van der Waals surface area contributed by atoms with Gasteiger partial charge in [-0.25, -0.2) is 0 Å². The molecule has 1 fully saturated rings. The van der Waals surface area contributed by atoms with Crippen LogP contribution in [-0.2, 0) is 41.7 Å². The first-order chi connectivity index (χ1) is 31.7. The number of aromatic hydroxyl groups is 1. The molecule has 16 heteroatoms. The van der Waals surface area contributed by atoms with Crippen LogP contribution < -0.4 is 20.7 Å². The summed E-state index contributed by atoms with van der Waals surface area (Å²) in [5.74, 6) is -11.1. The van der Waals surface area contributed by atoms with Crippen molar-refractivity contribution in [1.29, 1.82) is 0 Å². The number of methoxy groups -OCH3 is 1. The molecule has 11 atom stereocenters. The van der Waals surface area contributed by atoms with E-state index in [0.717, 1.165) is 11.8 Å². The zero-order valence-electron chi connectivity index (χ0n) is 38.9. The Balaban J connectivity index is 1.36. The number of hydrogen-bond acceptors (Lipinski definition) is 15. The predicted octanol–water partition coefficient (Wildman–Crippen LogP) is 4.75. The van der Waals surface area contributed by atoms with E-state index >= 15 is 0 Å². The van der Waals surface area contributed by atoms with Gasteiger partial charge in [0.2, 0.25) is 17.5 Å². The number of fused-ring (bicyclic) bond motifs is 13. The quantitative estimate of drug-likeness (QED) is 0.167. The summed E-state index contributed by atoms with van der Waals surface area (Å²) in [5.41, 5.74) is -2.51. The lowest BCUT2D eigenvalue weighted by Gasteiger charge is -2.37. The number of hydrogen-bond donors (Lipinski definition) is 6. The third kappa shape index (κ3) is 9.40. The second-order valence-electron chi connectivity index (χ2n) is 18.6. The third-order valence-corrected chi connectivity index (χ3v) is 13.9. The summed E-state index contributed by atoms with van der Waals surface area (Å²) in [6.07, 6.45) is -1.74. The second kappa shape index (κ2) is 19.2. The first-order valence-electron chi connectivity index (χ1n) is 22.5. The van der Waals surface area contributed by atoms with E-state index in [2.05, 4.69) is 16.0 Å². The average molecular weight is 922 g/mol. The highest BCUT2D eigenvalue weighted by Gasteiger charge is 2.55. The Morgan fingerprint density at radius 1 is 0.851 bits per heavy atom. The molecular formula is C51H59N3O13. The predicted molar refractivity (Wildman–Crippen MR) is 242 cm³/mol. The molecule has 5 aliphatic rings. The highest BCUT2D eigenvalue weighted by Crippen LogP contribution is 2.49. The molecule has 0 spiro atoms. The van der Waals surface area contributed by atoms with E-state index in [-0.39, 0.29) is 47.9 Å². The highest BCUT2D eigenvalue weighted by atomic mass is 16.7. The number of amides is 1. The van der Waals surface area contributed by atoms with E-state index in [1.54, 1.807) is 51.1 Å². The zero-order chi connectivity index (χ0) is 48.7. The monoisotopic (exact) mass is 921 g/mol. The number of allylic oxidation sites excluding steroid dienone is 2. The van der Waals surface area contributed by atoms with Crippen molar-refractivity contribution in [1.82, 2.24) is 16.0 Å². The number of ketones is 4. The fourth-order valence-corrected chi connectivity index (χ4v) is 9.59. The van der Waals surface area contributed by atoms with Crippen LogP contribution in [0, 0.1) is 36.5 Å². The zero-order valence-corrected chi connectivity index (χ0v) is 38.9. The van der Waals surface area contributed by atoms with Gasteiger partial charge in [0.15, 0.2) is 0 Å². The fraction of sp³-hybridized carbons (Fsp3) is 0.451. The van der Waals surface area contributed by atoms with Crippen LogP contribution >= 0.6 is 0 Å². The SMILES string of the molecule is CO[C@H]1/C=C/O[C@@]2(C)Oc3c(C)c(O)c4c(c3C2=O)C(=O)C(NCc2ccccc2)=C(NC(=O)C(C)(NCc2ccccc2)CC(=O)[C@@H]2C[C@@H]2[C@H](O)[C@@H](C)[C@@H](O)[C@@H](C)[C@H](OC(C)=O)[C@@H]1C)C4=O. The van der Waals surface area contributed by atoms with Gasteiger partial charge in [-0.1, -0.05) is 81.4 Å². The van der Waals surface area contributed by atoms with E-state index < -0.39 is 124 Å². The van der Waals surface area contributed by atoms with Gasteiger partial charge < -0.3 is 44.9 Å². The number of phenolic OH excluding ortho intramolecular Hbond substituents is 1. The van der Waals surface area contributed by atoms with Gasteiger partial charge in [0.25, 0.3) is 5.78 Å². The van der Waals surface area contributed by atoms with Crippen LogP contribution in [0.25, 0.3) is 0 Å². The lowest BCUT2D eigenvalue weighted by Crippen LogP contribution is -2.57. The number of aliphatic hydroxyl groups excluding tert-OH is 2. The van der Waals surface area contributed by atoms with E-state index in [0.29, 0.717) is 5.56 Å². The first kappa shape index (κ1) is 48.7. The molecule has 5 bridgehead atoms. The van der Waals surface area contributed by atoms with Gasteiger partial charge >= 0.3 is 11.8 Å². The van der Waals surface area contributed by atoms with Crippen LogP contribution in [-0.4, -0.2) is 93.2 Å². The summed E-state index contributed by atoms with van der Waals surface area (Å²) in [4.78, 5) is 86.2. The van der Waals surface area contributed by atoms with E-state index in [1.165, 1.54) is 40.9 Å². The normalized spacial score (nSPS) is 31.6. The number of phenols is 1. The minimum atomic E-state index is -2.14. The third-order valence-electron chi connectivity index (χ3n) is 13.9. The maximum Gasteiger partial charge on any atom is 0.312 e. The number of rotatable bonds is 8. The Labute approximate surface area is 389 Å². The molecule has 3 heterocycles. The first-order valence-corrected chi connectivity index (χ1v) is 22.5. The largest absolute Gasteiger partial charge is 0.507 e. The molecule has 8 rings (SSSR count). The van der Waals surface area contributed by atoms with Crippen molar-refractivity contribution in [2.24, 2.45) is 29.6 Å². The van der Waals surface area contributed by atoms with Crippen molar-refractivity contribution in [3.8, 4) is 11.5 Å². The number of Topliss-reactive ketones (excluding diaryl/α,β-unsaturated/α-hetero) is 4. The van der Waals surface area contributed by atoms with Crippen molar-refractivity contribution in [2.45, 2.75) is 110 Å². The number of esters is 1. The number of carbonyl (C=O) groups excluding carboxylic acids is 6. The Morgan fingerprint density at radius 3 is 2.09 bits per heavy atom.